The summed E-state index contributed by atoms with van der Waals surface area (Å²) in [5.41, 5.74) is 0. The molecule has 4 nitrogen and oxygen atoms in total. The van der Waals surface area contributed by atoms with Gasteiger partial charge in [0.25, 0.3) is 0 Å². The van der Waals surface area contributed by atoms with Crippen LogP contribution in [-0.4, -0.2) is 44.1 Å². The van der Waals surface area contributed by atoms with E-state index >= 15 is 0 Å². The van der Waals surface area contributed by atoms with E-state index in [0.29, 0.717) is 13.2 Å². The number of hydrogen-bond donors (Lipinski definition) is 2. The van der Waals surface area contributed by atoms with Crippen LogP contribution in [0.2, 0.25) is 0 Å². The molecule has 0 spiro atoms. The molecule has 18 heavy (non-hydrogen) atoms. The van der Waals surface area contributed by atoms with E-state index in [1.54, 1.807) is 0 Å². The molecule has 0 heterocycles. The molecule has 0 amide bonds. The predicted molar refractivity (Wildman–Crippen MR) is 77.2 cm³/mol. The third kappa shape index (κ3) is 12.4. The minimum absolute atomic E-state index is 0.0583. The van der Waals surface area contributed by atoms with E-state index in [9.17, 15) is 4.79 Å². The van der Waals surface area contributed by atoms with Crippen LogP contribution >= 0.6 is 12.6 Å². The van der Waals surface area contributed by atoms with E-state index in [-0.39, 0.29) is 23.7 Å². The molecule has 1 atom stereocenters. The lowest BCUT2D eigenvalue weighted by Crippen LogP contribution is -2.22. The molecule has 0 aromatic carbocycles. The summed E-state index contributed by atoms with van der Waals surface area (Å²) in [6, 6.07) is 0. The molecule has 0 radical (unpaired) electrons. The van der Waals surface area contributed by atoms with E-state index in [0.717, 1.165) is 26.0 Å². The van der Waals surface area contributed by atoms with Crippen molar-refractivity contribution in [2.45, 2.75) is 39.0 Å². The number of thiol groups is 1. The van der Waals surface area contributed by atoms with E-state index in [4.69, 9.17) is 9.47 Å². The number of hydrogen-bond acceptors (Lipinski definition) is 5. The number of ether oxygens (including phenoxy) is 2. The molecule has 0 saturated heterocycles. The van der Waals surface area contributed by atoms with Crippen LogP contribution in [0.5, 0.6) is 0 Å². The number of nitrogens with one attached hydrogen (secondary N) is 1. The van der Waals surface area contributed by atoms with Gasteiger partial charge in [-0.25, -0.2) is 0 Å². The van der Waals surface area contributed by atoms with Crippen molar-refractivity contribution in [2.24, 2.45) is 5.92 Å². The highest BCUT2D eigenvalue weighted by Gasteiger charge is 2.06. The van der Waals surface area contributed by atoms with Gasteiger partial charge in [0.15, 0.2) is 5.78 Å². The highest BCUT2D eigenvalue weighted by molar-refractivity contribution is 7.80. The maximum Gasteiger partial charge on any atom is 0.160 e. The standard InChI is InChI=1S/C13H27NO3S/c1-11(2)13(15)10-17-9-5-8-16-7-4-6-14-12(3)18/h11-12,14,18H,4-10H2,1-3H3. The SMILES string of the molecule is CC(S)NCCCOCCCOCC(=O)C(C)C. The van der Waals surface area contributed by atoms with Gasteiger partial charge in [0.2, 0.25) is 0 Å². The van der Waals surface area contributed by atoms with Crippen LogP contribution in [0.4, 0.5) is 0 Å². The van der Waals surface area contributed by atoms with Crippen molar-refractivity contribution in [3.63, 3.8) is 0 Å². The number of rotatable bonds is 12. The van der Waals surface area contributed by atoms with Gasteiger partial charge in [-0.1, -0.05) is 13.8 Å². The second kappa shape index (κ2) is 12.0. The van der Waals surface area contributed by atoms with E-state index in [1.807, 2.05) is 20.8 Å². The van der Waals surface area contributed by atoms with Gasteiger partial charge in [0.05, 0.1) is 0 Å². The first-order valence-corrected chi connectivity index (χ1v) is 7.15. The monoisotopic (exact) mass is 277 g/mol. The maximum absolute atomic E-state index is 11.2. The first-order chi connectivity index (χ1) is 8.54. The summed E-state index contributed by atoms with van der Waals surface area (Å²) >= 11 is 4.21. The van der Waals surface area contributed by atoms with Crippen LogP contribution in [0.15, 0.2) is 0 Å². The van der Waals surface area contributed by atoms with Crippen LogP contribution in [0.25, 0.3) is 0 Å². The average molecular weight is 277 g/mol. The van der Waals surface area contributed by atoms with Crippen molar-refractivity contribution in [2.75, 3.05) is 33.0 Å². The Morgan fingerprint density at radius 2 is 1.72 bits per heavy atom. The van der Waals surface area contributed by atoms with Crippen LogP contribution in [0.3, 0.4) is 0 Å². The summed E-state index contributed by atoms with van der Waals surface area (Å²) in [5.74, 6) is 0.214. The van der Waals surface area contributed by atoms with Gasteiger partial charge in [-0.3, -0.25) is 4.79 Å². The molecule has 1 unspecified atom stereocenters. The van der Waals surface area contributed by atoms with Crippen LogP contribution in [0, 0.1) is 5.92 Å². The Morgan fingerprint density at radius 3 is 2.33 bits per heavy atom. The molecule has 108 valence electrons. The third-order valence-electron chi connectivity index (χ3n) is 2.37. The van der Waals surface area contributed by atoms with Crippen molar-refractivity contribution in [3.8, 4) is 0 Å². The van der Waals surface area contributed by atoms with Crippen molar-refractivity contribution < 1.29 is 14.3 Å². The van der Waals surface area contributed by atoms with Crippen LogP contribution in [0.1, 0.15) is 33.6 Å². The highest BCUT2D eigenvalue weighted by atomic mass is 32.1. The highest BCUT2D eigenvalue weighted by Crippen LogP contribution is 1.95. The molecule has 0 aliphatic heterocycles. The van der Waals surface area contributed by atoms with Gasteiger partial charge in [0, 0.05) is 31.1 Å². The Bertz CT molecular complexity index is 210. The molecule has 0 bridgehead atoms. The number of Topliss-reactive ketones (excluding diaryl/α,β-unsaturated/α-hetero) is 1. The normalized spacial score (nSPS) is 12.9. The Hall–Kier alpha value is -0.100. The Kier molecular flexibility index (Phi) is 11.9. The minimum atomic E-state index is 0.0583. The molecular formula is C13H27NO3S. The third-order valence-corrected chi connectivity index (χ3v) is 2.55. The topological polar surface area (TPSA) is 47.6 Å². The summed E-state index contributed by atoms with van der Waals surface area (Å²) in [4.78, 5) is 11.2. The van der Waals surface area contributed by atoms with Gasteiger partial charge in [-0.15, -0.1) is 0 Å². The second-order valence-corrected chi connectivity index (χ2v) is 5.40. The molecule has 0 saturated carbocycles. The van der Waals surface area contributed by atoms with Gasteiger partial charge in [-0.05, 0) is 26.3 Å². The summed E-state index contributed by atoms with van der Waals surface area (Å²) in [5, 5.41) is 3.43. The number of ketones is 1. The molecule has 0 rings (SSSR count). The van der Waals surface area contributed by atoms with Crippen LogP contribution in [-0.2, 0) is 14.3 Å². The lowest BCUT2D eigenvalue weighted by molar-refractivity contribution is -0.126. The Morgan fingerprint density at radius 1 is 1.11 bits per heavy atom. The number of carbonyl (C=O) groups is 1. The lowest BCUT2D eigenvalue weighted by Gasteiger charge is -2.08. The summed E-state index contributed by atoms with van der Waals surface area (Å²) in [6.45, 7) is 8.93. The first kappa shape index (κ1) is 17.9. The zero-order valence-electron chi connectivity index (χ0n) is 11.8. The molecule has 5 heteroatoms. The van der Waals surface area contributed by atoms with Crippen LogP contribution < -0.4 is 5.32 Å². The molecular weight excluding hydrogens is 250 g/mol. The molecule has 0 aromatic rings. The Labute approximate surface area is 116 Å². The summed E-state index contributed by atoms with van der Waals surface area (Å²) in [6.07, 6.45) is 1.82. The minimum Gasteiger partial charge on any atom is -0.381 e. The lowest BCUT2D eigenvalue weighted by atomic mass is 10.1. The first-order valence-electron chi connectivity index (χ1n) is 6.63. The summed E-state index contributed by atoms with van der Waals surface area (Å²) in [7, 11) is 0. The zero-order valence-corrected chi connectivity index (χ0v) is 12.7. The van der Waals surface area contributed by atoms with E-state index < -0.39 is 0 Å². The van der Waals surface area contributed by atoms with E-state index in [1.165, 1.54) is 0 Å². The fourth-order valence-electron chi connectivity index (χ4n) is 1.19. The molecule has 0 aromatic heterocycles. The quantitative estimate of drug-likeness (QED) is 0.325. The molecule has 0 aliphatic carbocycles. The largest absolute Gasteiger partial charge is 0.381 e. The zero-order chi connectivity index (χ0) is 13.8. The molecule has 0 fully saturated rings. The van der Waals surface area contributed by atoms with Crippen molar-refractivity contribution in [3.05, 3.63) is 0 Å². The van der Waals surface area contributed by atoms with Crippen molar-refractivity contribution in [1.29, 1.82) is 0 Å². The maximum atomic E-state index is 11.2. The fraction of sp³-hybridized carbons (Fsp3) is 0.923. The van der Waals surface area contributed by atoms with Gasteiger partial charge in [0.1, 0.15) is 6.61 Å². The van der Waals surface area contributed by atoms with Crippen molar-refractivity contribution in [1.82, 2.24) is 5.32 Å². The molecule has 1 N–H and O–H groups in total. The van der Waals surface area contributed by atoms with Gasteiger partial charge in [-0.2, -0.15) is 12.6 Å². The molecule has 0 aliphatic rings. The predicted octanol–water partition coefficient (Wildman–Crippen LogP) is 1.89. The van der Waals surface area contributed by atoms with E-state index in [2.05, 4.69) is 17.9 Å². The fourth-order valence-corrected chi connectivity index (χ4v) is 1.32. The van der Waals surface area contributed by atoms with Crippen molar-refractivity contribution >= 4 is 18.4 Å². The Balaban J connectivity index is 3.10. The van der Waals surface area contributed by atoms with Gasteiger partial charge < -0.3 is 14.8 Å². The van der Waals surface area contributed by atoms with Gasteiger partial charge >= 0.3 is 0 Å². The summed E-state index contributed by atoms with van der Waals surface area (Å²) < 4.78 is 10.7. The second-order valence-electron chi connectivity index (χ2n) is 4.62. The smallest absolute Gasteiger partial charge is 0.160 e. The number of carbonyl (C=O) groups excluding carboxylic acids is 1. The average Bonchev–Trinajstić information content (AvgIpc) is 2.30.